The Morgan fingerprint density at radius 1 is 1.64 bits per heavy atom. The lowest BCUT2D eigenvalue weighted by molar-refractivity contribution is -0.140. The van der Waals surface area contributed by atoms with Gasteiger partial charge >= 0.3 is 5.97 Å². The summed E-state index contributed by atoms with van der Waals surface area (Å²) in [6, 6.07) is 0. The molecule has 0 aliphatic heterocycles. The quantitative estimate of drug-likeness (QED) is 0.341. The van der Waals surface area contributed by atoms with E-state index in [9.17, 15) is 4.79 Å². The van der Waals surface area contributed by atoms with E-state index in [1.807, 2.05) is 0 Å². The van der Waals surface area contributed by atoms with E-state index in [0.29, 0.717) is 0 Å². The van der Waals surface area contributed by atoms with Gasteiger partial charge in [-0.25, -0.2) is 4.79 Å². The molecule has 0 fully saturated rings. The van der Waals surface area contributed by atoms with Crippen LogP contribution in [0.4, 0.5) is 0 Å². The zero-order valence-electron chi connectivity index (χ0n) is 6.58. The molecule has 0 aromatic heterocycles. The van der Waals surface area contributed by atoms with Crippen molar-refractivity contribution in [2.75, 3.05) is 6.61 Å². The van der Waals surface area contributed by atoms with Gasteiger partial charge in [0.15, 0.2) is 0 Å². The minimum atomic E-state index is -0.440. The lowest BCUT2D eigenvalue weighted by atomic mass is 10.4. The predicted octanol–water partition coefficient (Wildman–Crippen LogP) is 1.26. The van der Waals surface area contributed by atoms with Crippen LogP contribution in [0.15, 0.2) is 25.5 Å². The molecule has 0 saturated carbocycles. The molecule has 0 heterocycles. The van der Waals surface area contributed by atoms with Gasteiger partial charge in [-0.2, -0.15) is 0 Å². The van der Waals surface area contributed by atoms with E-state index in [2.05, 4.69) is 17.9 Å². The van der Waals surface area contributed by atoms with Crippen LogP contribution in [0.5, 0.6) is 0 Å². The second kappa shape index (κ2) is 5.53. The molecule has 1 atom stereocenters. The zero-order chi connectivity index (χ0) is 8.69. The van der Waals surface area contributed by atoms with Gasteiger partial charge < -0.3 is 9.47 Å². The zero-order valence-corrected chi connectivity index (χ0v) is 6.58. The van der Waals surface area contributed by atoms with Crippen LogP contribution in [-0.2, 0) is 14.3 Å². The summed E-state index contributed by atoms with van der Waals surface area (Å²) >= 11 is 0. The molecule has 0 bridgehead atoms. The molecule has 0 aromatic carbocycles. The Labute approximate surface area is 66.3 Å². The maximum Gasteiger partial charge on any atom is 0.330 e. The highest BCUT2D eigenvalue weighted by molar-refractivity contribution is 5.81. The Kier molecular flexibility index (Phi) is 4.90. The number of hydrogen-bond donors (Lipinski definition) is 0. The van der Waals surface area contributed by atoms with Crippen molar-refractivity contribution in [3.05, 3.63) is 25.5 Å². The van der Waals surface area contributed by atoms with Gasteiger partial charge in [-0.05, 0) is 6.92 Å². The Morgan fingerprint density at radius 3 is 2.73 bits per heavy atom. The Balaban J connectivity index is 3.44. The summed E-state index contributed by atoms with van der Waals surface area (Å²) in [6.45, 7) is 8.61. The third-order valence-corrected chi connectivity index (χ3v) is 0.955. The first-order valence-electron chi connectivity index (χ1n) is 3.26. The monoisotopic (exact) mass is 156 g/mol. The number of ether oxygens (including phenoxy) is 2. The molecule has 62 valence electrons. The molecule has 0 N–H and O–H groups in total. The van der Waals surface area contributed by atoms with Gasteiger partial charge in [0.1, 0.15) is 12.7 Å². The molecule has 11 heavy (non-hydrogen) atoms. The van der Waals surface area contributed by atoms with Crippen LogP contribution in [0.25, 0.3) is 0 Å². The Morgan fingerprint density at radius 2 is 2.27 bits per heavy atom. The smallest absolute Gasteiger partial charge is 0.330 e. The highest BCUT2D eigenvalue weighted by atomic mass is 16.6. The van der Waals surface area contributed by atoms with Gasteiger partial charge in [0.25, 0.3) is 0 Å². The Hall–Kier alpha value is -1.25. The lowest BCUT2D eigenvalue weighted by Gasteiger charge is -2.09. The van der Waals surface area contributed by atoms with Crippen LogP contribution in [0.2, 0.25) is 0 Å². The van der Waals surface area contributed by atoms with E-state index in [4.69, 9.17) is 4.74 Å². The predicted molar refractivity (Wildman–Crippen MR) is 41.9 cm³/mol. The van der Waals surface area contributed by atoms with Gasteiger partial charge in [-0.15, -0.1) is 0 Å². The number of carbonyl (C=O) groups excluding carboxylic acids is 1. The largest absolute Gasteiger partial charge is 0.495 e. The number of carbonyl (C=O) groups is 1. The van der Waals surface area contributed by atoms with Crippen molar-refractivity contribution in [1.82, 2.24) is 0 Å². The second-order valence-electron chi connectivity index (χ2n) is 1.95. The molecule has 0 aliphatic rings. The van der Waals surface area contributed by atoms with Crippen molar-refractivity contribution in [3.63, 3.8) is 0 Å². The van der Waals surface area contributed by atoms with Crippen LogP contribution < -0.4 is 0 Å². The van der Waals surface area contributed by atoms with Gasteiger partial charge in [0, 0.05) is 6.08 Å². The van der Waals surface area contributed by atoms with Crippen LogP contribution in [-0.4, -0.2) is 18.7 Å². The Bertz CT molecular complexity index is 151. The van der Waals surface area contributed by atoms with Crippen molar-refractivity contribution < 1.29 is 14.3 Å². The minimum Gasteiger partial charge on any atom is -0.495 e. The van der Waals surface area contributed by atoms with Crippen molar-refractivity contribution in [1.29, 1.82) is 0 Å². The molecular formula is C8H12O3. The first-order valence-corrected chi connectivity index (χ1v) is 3.26. The summed E-state index contributed by atoms with van der Waals surface area (Å²) in [5.41, 5.74) is 0. The lowest BCUT2D eigenvalue weighted by Crippen LogP contribution is -2.15. The van der Waals surface area contributed by atoms with Gasteiger partial charge in [0.05, 0.1) is 6.26 Å². The van der Waals surface area contributed by atoms with E-state index in [0.717, 1.165) is 6.08 Å². The van der Waals surface area contributed by atoms with Crippen molar-refractivity contribution in [2.24, 2.45) is 0 Å². The summed E-state index contributed by atoms with van der Waals surface area (Å²) in [7, 11) is 0. The summed E-state index contributed by atoms with van der Waals surface area (Å²) < 4.78 is 9.56. The molecule has 0 spiro atoms. The molecule has 0 amide bonds. The molecule has 0 aromatic rings. The van der Waals surface area contributed by atoms with Crippen LogP contribution in [0.1, 0.15) is 6.92 Å². The first-order chi connectivity index (χ1) is 5.20. The summed E-state index contributed by atoms with van der Waals surface area (Å²) in [4.78, 5) is 10.5. The van der Waals surface area contributed by atoms with Crippen molar-refractivity contribution >= 4 is 5.97 Å². The molecule has 0 rings (SSSR count). The second-order valence-corrected chi connectivity index (χ2v) is 1.95. The van der Waals surface area contributed by atoms with Crippen molar-refractivity contribution in [3.8, 4) is 0 Å². The standard InChI is InChI=1S/C8H12O3/c1-4-8(9)11-6-7(3)10-5-2/h4-5,7H,1-2,6H2,3H3. The molecule has 0 aliphatic carbocycles. The van der Waals surface area contributed by atoms with Gasteiger partial charge in [0.2, 0.25) is 0 Å². The highest BCUT2D eigenvalue weighted by Crippen LogP contribution is 1.92. The SMILES string of the molecule is C=COC(C)COC(=O)C=C. The van der Waals surface area contributed by atoms with Gasteiger partial charge in [-0.1, -0.05) is 13.2 Å². The summed E-state index contributed by atoms with van der Waals surface area (Å²) in [5.74, 6) is -0.440. The number of esters is 1. The first kappa shape index (κ1) is 9.75. The molecule has 3 nitrogen and oxygen atoms in total. The fraction of sp³-hybridized carbons (Fsp3) is 0.375. The maximum absolute atomic E-state index is 10.5. The third kappa shape index (κ3) is 5.21. The number of hydrogen-bond acceptors (Lipinski definition) is 3. The summed E-state index contributed by atoms with van der Waals surface area (Å²) in [6.07, 6.45) is 2.27. The van der Waals surface area contributed by atoms with Crippen LogP contribution >= 0.6 is 0 Å². The molecule has 1 unspecified atom stereocenters. The van der Waals surface area contributed by atoms with E-state index in [-0.39, 0.29) is 12.7 Å². The topological polar surface area (TPSA) is 35.5 Å². The average molecular weight is 156 g/mol. The fourth-order valence-corrected chi connectivity index (χ4v) is 0.462. The van der Waals surface area contributed by atoms with E-state index in [1.54, 1.807) is 6.92 Å². The average Bonchev–Trinajstić information content (AvgIpc) is 2.01. The van der Waals surface area contributed by atoms with E-state index >= 15 is 0 Å². The normalized spacial score (nSPS) is 11.4. The molecule has 0 radical (unpaired) electrons. The van der Waals surface area contributed by atoms with Gasteiger partial charge in [-0.3, -0.25) is 0 Å². The van der Waals surface area contributed by atoms with Crippen LogP contribution in [0, 0.1) is 0 Å². The molecule has 0 saturated heterocycles. The van der Waals surface area contributed by atoms with E-state index < -0.39 is 5.97 Å². The minimum absolute atomic E-state index is 0.156. The summed E-state index contributed by atoms with van der Waals surface area (Å²) in [5, 5.41) is 0. The maximum atomic E-state index is 10.5. The molecular weight excluding hydrogens is 144 g/mol. The third-order valence-electron chi connectivity index (χ3n) is 0.955. The van der Waals surface area contributed by atoms with Crippen molar-refractivity contribution in [2.45, 2.75) is 13.0 Å². The van der Waals surface area contributed by atoms with E-state index in [1.165, 1.54) is 6.26 Å². The fourth-order valence-electron chi connectivity index (χ4n) is 0.462. The number of rotatable bonds is 5. The molecule has 3 heteroatoms. The highest BCUT2D eigenvalue weighted by Gasteiger charge is 2.02. The van der Waals surface area contributed by atoms with Crippen LogP contribution in [0.3, 0.4) is 0 Å².